The second-order valence-corrected chi connectivity index (χ2v) is 6.94. The van der Waals surface area contributed by atoms with Crippen LogP contribution in [0.1, 0.15) is 47.5 Å². The van der Waals surface area contributed by atoms with Gasteiger partial charge < -0.3 is 10.6 Å². The van der Waals surface area contributed by atoms with Crippen molar-refractivity contribution in [1.82, 2.24) is 10.6 Å². The maximum absolute atomic E-state index is 12.3. The Kier molecular flexibility index (Phi) is 3.01. The van der Waals surface area contributed by atoms with Crippen molar-refractivity contribution < 1.29 is 4.79 Å². The monoisotopic (exact) mass is 238 g/mol. The van der Waals surface area contributed by atoms with Crippen molar-refractivity contribution in [3.63, 3.8) is 0 Å². The van der Waals surface area contributed by atoms with Crippen LogP contribution in [0, 0.1) is 16.7 Å². The number of rotatable bonds is 2. The molecule has 1 saturated heterocycles. The van der Waals surface area contributed by atoms with Crippen molar-refractivity contribution in [2.75, 3.05) is 6.54 Å². The van der Waals surface area contributed by atoms with E-state index in [1.54, 1.807) is 0 Å². The molecule has 1 heterocycles. The molecule has 17 heavy (non-hydrogen) atoms. The fourth-order valence-corrected chi connectivity index (χ4v) is 3.19. The van der Waals surface area contributed by atoms with Gasteiger partial charge in [-0.1, -0.05) is 34.6 Å². The van der Waals surface area contributed by atoms with Crippen molar-refractivity contribution in [3.8, 4) is 0 Å². The standard InChI is InChI=1S/C14H26N2O/c1-9-7-6-8-15-10(9)11(17)16-12-13(2,3)14(12,4)5/h9-10,12,15H,6-8H2,1-5H3,(H,16,17). The van der Waals surface area contributed by atoms with E-state index in [4.69, 9.17) is 0 Å². The molecular weight excluding hydrogens is 212 g/mol. The van der Waals surface area contributed by atoms with Crippen molar-refractivity contribution in [3.05, 3.63) is 0 Å². The molecule has 2 atom stereocenters. The summed E-state index contributed by atoms with van der Waals surface area (Å²) in [5, 5.41) is 6.58. The van der Waals surface area contributed by atoms with Crippen LogP contribution >= 0.6 is 0 Å². The van der Waals surface area contributed by atoms with Crippen LogP contribution in [0.2, 0.25) is 0 Å². The van der Waals surface area contributed by atoms with E-state index in [0.29, 0.717) is 12.0 Å². The molecule has 2 N–H and O–H groups in total. The highest BCUT2D eigenvalue weighted by molar-refractivity contribution is 5.83. The molecule has 1 aliphatic carbocycles. The summed E-state index contributed by atoms with van der Waals surface area (Å²) in [4.78, 5) is 12.3. The Hall–Kier alpha value is -0.570. The van der Waals surface area contributed by atoms with Crippen LogP contribution in [0.5, 0.6) is 0 Å². The van der Waals surface area contributed by atoms with Gasteiger partial charge in [0.1, 0.15) is 0 Å². The molecule has 98 valence electrons. The summed E-state index contributed by atoms with van der Waals surface area (Å²) in [5.41, 5.74) is 0.446. The zero-order valence-corrected chi connectivity index (χ0v) is 11.8. The molecular formula is C14H26N2O. The molecule has 0 bridgehead atoms. The molecule has 2 aliphatic rings. The van der Waals surface area contributed by atoms with Crippen LogP contribution in [0.25, 0.3) is 0 Å². The van der Waals surface area contributed by atoms with E-state index in [0.717, 1.165) is 13.0 Å². The predicted molar refractivity (Wildman–Crippen MR) is 69.7 cm³/mol. The maximum atomic E-state index is 12.3. The fourth-order valence-electron chi connectivity index (χ4n) is 3.19. The highest BCUT2D eigenvalue weighted by Crippen LogP contribution is 2.62. The van der Waals surface area contributed by atoms with Crippen molar-refractivity contribution in [2.45, 2.75) is 59.5 Å². The van der Waals surface area contributed by atoms with Gasteiger partial charge in [-0.2, -0.15) is 0 Å². The molecule has 1 saturated carbocycles. The summed E-state index contributed by atoms with van der Waals surface area (Å²) < 4.78 is 0. The minimum atomic E-state index is 0.0101. The van der Waals surface area contributed by atoms with Crippen LogP contribution in [-0.2, 0) is 4.79 Å². The number of carbonyl (C=O) groups excluding carboxylic acids is 1. The number of amides is 1. The minimum absolute atomic E-state index is 0.0101. The van der Waals surface area contributed by atoms with E-state index in [1.165, 1.54) is 6.42 Å². The lowest BCUT2D eigenvalue weighted by Gasteiger charge is -2.29. The summed E-state index contributed by atoms with van der Waals surface area (Å²) in [7, 11) is 0. The zero-order valence-electron chi connectivity index (χ0n) is 11.8. The van der Waals surface area contributed by atoms with Crippen LogP contribution < -0.4 is 10.6 Å². The summed E-state index contributed by atoms with van der Waals surface area (Å²) in [6.07, 6.45) is 2.34. The molecule has 1 aliphatic heterocycles. The number of piperidine rings is 1. The van der Waals surface area contributed by atoms with Crippen molar-refractivity contribution >= 4 is 5.91 Å². The average molecular weight is 238 g/mol. The summed E-state index contributed by atoms with van der Waals surface area (Å²) in [6.45, 7) is 12.1. The first-order valence-electron chi connectivity index (χ1n) is 6.82. The number of nitrogens with one attached hydrogen (secondary N) is 2. The molecule has 0 aromatic heterocycles. The lowest BCUT2D eigenvalue weighted by Crippen LogP contribution is -2.52. The minimum Gasteiger partial charge on any atom is -0.351 e. The van der Waals surface area contributed by atoms with Gasteiger partial charge in [0, 0.05) is 6.04 Å². The molecule has 3 nitrogen and oxygen atoms in total. The van der Waals surface area contributed by atoms with E-state index in [1.807, 2.05) is 0 Å². The molecule has 2 fully saturated rings. The lowest BCUT2D eigenvalue weighted by molar-refractivity contribution is -0.125. The first-order valence-corrected chi connectivity index (χ1v) is 6.82. The summed E-state index contributed by atoms with van der Waals surface area (Å²) in [5.74, 6) is 0.648. The number of hydrogen-bond acceptors (Lipinski definition) is 2. The highest BCUT2D eigenvalue weighted by Gasteiger charge is 2.65. The molecule has 0 aromatic rings. The Morgan fingerprint density at radius 1 is 1.24 bits per heavy atom. The van der Waals surface area contributed by atoms with Crippen LogP contribution in [0.4, 0.5) is 0 Å². The third kappa shape index (κ3) is 1.99. The van der Waals surface area contributed by atoms with Gasteiger partial charge in [0.05, 0.1) is 6.04 Å². The topological polar surface area (TPSA) is 41.1 Å². The average Bonchev–Trinajstić information content (AvgIpc) is 2.61. The van der Waals surface area contributed by atoms with E-state index >= 15 is 0 Å². The maximum Gasteiger partial charge on any atom is 0.237 e. The van der Waals surface area contributed by atoms with Gasteiger partial charge >= 0.3 is 0 Å². The highest BCUT2D eigenvalue weighted by atomic mass is 16.2. The van der Waals surface area contributed by atoms with Gasteiger partial charge in [-0.25, -0.2) is 0 Å². The largest absolute Gasteiger partial charge is 0.351 e. The van der Waals surface area contributed by atoms with Crippen LogP contribution in [0.3, 0.4) is 0 Å². The SMILES string of the molecule is CC1CCCNC1C(=O)NC1C(C)(C)C1(C)C. The zero-order chi connectivity index (χ0) is 12.8. The third-order valence-electron chi connectivity index (χ3n) is 5.36. The van der Waals surface area contributed by atoms with E-state index < -0.39 is 0 Å². The number of hydrogen-bond donors (Lipinski definition) is 2. The Bertz CT molecular complexity index is 308. The van der Waals surface area contributed by atoms with E-state index in [2.05, 4.69) is 45.3 Å². The Balaban J connectivity index is 1.94. The van der Waals surface area contributed by atoms with Gasteiger partial charge in [-0.15, -0.1) is 0 Å². The van der Waals surface area contributed by atoms with Crippen LogP contribution in [-0.4, -0.2) is 24.5 Å². The molecule has 1 amide bonds. The predicted octanol–water partition coefficient (Wildman–Crippen LogP) is 1.93. The fraction of sp³-hybridized carbons (Fsp3) is 0.929. The van der Waals surface area contributed by atoms with E-state index in [9.17, 15) is 4.79 Å². The van der Waals surface area contributed by atoms with Gasteiger partial charge in [0.2, 0.25) is 5.91 Å². The Morgan fingerprint density at radius 3 is 2.29 bits per heavy atom. The molecule has 2 unspecified atom stereocenters. The third-order valence-corrected chi connectivity index (χ3v) is 5.36. The smallest absolute Gasteiger partial charge is 0.237 e. The Labute approximate surface area is 105 Å². The van der Waals surface area contributed by atoms with Crippen molar-refractivity contribution in [2.24, 2.45) is 16.7 Å². The first-order chi connectivity index (χ1) is 7.78. The normalized spacial score (nSPS) is 35.4. The van der Waals surface area contributed by atoms with Crippen LogP contribution in [0.15, 0.2) is 0 Å². The molecule has 0 spiro atoms. The van der Waals surface area contributed by atoms with E-state index in [-0.39, 0.29) is 22.8 Å². The first kappa shape index (κ1) is 12.9. The second kappa shape index (κ2) is 3.98. The molecule has 3 heteroatoms. The summed E-state index contributed by atoms with van der Waals surface area (Å²) >= 11 is 0. The molecule has 2 rings (SSSR count). The Morgan fingerprint density at radius 2 is 1.82 bits per heavy atom. The lowest BCUT2D eigenvalue weighted by atomic mass is 9.92. The van der Waals surface area contributed by atoms with Gasteiger partial charge in [0.25, 0.3) is 0 Å². The number of carbonyl (C=O) groups is 1. The summed E-state index contributed by atoms with van der Waals surface area (Å²) in [6, 6.07) is 0.328. The molecule has 0 aromatic carbocycles. The van der Waals surface area contributed by atoms with Crippen molar-refractivity contribution in [1.29, 1.82) is 0 Å². The van der Waals surface area contributed by atoms with Gasteiger partial charge in [0.15, 0.2) is 0 Å². The van der Waals surface area contributed by atoms with Gasteiger partial charge in [-0.3, -0.25) is 4.79 Å². The molecule has 0 radical (unpaired) electrons. The second-order valence-electron chi connectivity index (χ2n) is 6.94. The quantitative estimate of drug-likeness (QED) is 0.772. The van der Waals surface area contributed by atoms with Gasteiger partial charge in [-0.05, 0) is 36.1 Å².